The molecule has 4 aromatic rings. The van der Waals surface area contributed by atoms with E-state index in [4.69, 9.17) is 9.15 Å². The summed E-state index contributed by atoms with van der Waals surface area (Å²) in [5.74, 6) is 0.199. The van der Waals surface area contributed by atoms with Gasteiger partial charge >= 0.3 is 0 Å². The molecule has 0 aliphatic carbocycles. The van der Waals surface area contributed by atoms with Gasteiger partial charge in [-0.1, -0.05) is 29.8 Å². The standard InChI is InChI=1S/C30H30N2O4/c1-6-35-28-16-29-26(27(17-36-29)24-11-10-18(2)12-19(24)3)15-25(28)20(4)13-30(34)32-23-9-7-8-22(14-23)31-21(5)33/h7-17H,6H2,1-5H3,(H,31,33)(H,32,34)/b20-13+. The van der Waals surface area contributed by atoms with Crippen LogP contribution in [0.2, 0.25) is 0 Å². The number of furan rings is 1. The maximum absolute atomic E-state index is 12.8. The minimum Gasteiger partial charge on any atom is -0.493 e. The SMILES string of the molecule is CCOc1cc2occ(-c3ccc(C)cc3C)c2cc1/C(C)=C/C(=O)Nc1cccc(NC(C)=O)c1. The van der Waals surface area contributed by atoms with Crippen LogP contribution in [0.4, 0.5) is 11.4 Å². The molecule has 0 aliphatic rings. The second-order valence-corrected chi connectivity index (χ2v) is 8.82. The van der Waals surface area contributed by atoms with Gasteiger partial charge in [-0.05, 0) is 68.7 Å². The van der Waals surface area contributed by atoms with E-state index in [2.05, 4.69) is 42.7 Å². The van der Waals surface area contributed by atoms with Crippen LogP contribution in [-0.4, -0.2) is 18.4 Å². The summed E-state index contributed by atoms with van der Waals surface area (Å²) in [5.41, 5.74) is 7.97. The topological polar surface area (TPSA) is 80.6 Å². The van der Waals surface area contributed by atoms with E-state index in [0.29, 0.717) is 23.7 Å². The molecule has 36 heavy (non-hydrogen) atoms. The highest BCUT2D eigenvalue weighted by Gasteiger charge is 2.16. The number of carbonyl (C=O) groups is 2. The van der Waals surface area contributed by atoms with Crippen LogP contribution in [0.3, 0.4) is 0 Å². The number of hydrogen-bond donors (Lipinski definition) is 2. The highest BCUT2D eigenvalue weighted by Crippen LogP contribution is 2.38. The van der Waals surface area contributed by atoms with Crippen molar-refractivity contribution in [1.82, 2.24) is 0 Å². The Bertz CT molecular complexity index is 1480. The monoisotopic (exact) mass is 482 g/mol. The Labute approximate surface area is 211 Å². The zero-order valence-corrected chi connectivity index (χ0v) is 21.2. The van der Waals surface area contributed by atoms with Crippen LogP contribution in [0.15, 0.2) is 71.4 Å². The molecule has 2 amide bonds. The molecule has 6 nitrogen and oxygen atoms in total. The largest absolute Gasteiger partial charge is 0.493 e. The molecular formula is C30H30N2O4. The predicted octanol–water partition coefficient (Wildman–Crippen LogP) is 7.12. The molecule has 1 heterocycles. The normalized spacial score (nSPS) is 11.4. The fourth-order valence-corrected chi connectivity index (χ4v) is 4.29. The van der Waals surface area contributed by atoms with E-state index in [1.54, 1.807) is 36.6 Å². The van der Waals surface area contributed by atoms with Crippen LogP contribution < -0.4 is 15.4 Å². The van der Waals surface area contributed by atoms with Crippen molar-refractivity contribution in [3.63, 3.8) is 0 Å². The number of benzene rings is 3. The van der Waals surface area contributed by atoms with Gasteiger partial charge in [0.1, 0.15) is 11.3 Å². The predicted molar refractivity (Wildman–Crippen MR) is 145 cm³/mol. The number of nitrogens with one attached hydrogen (secondary N) is 2. The molecule has 2 N–H and O–H groups in total. The van der Waals surface area contributed by atoms with Crippen molar-refractivity contribution >= 4 is 39.7 Å². The summed E-state index contributed by atoms with van der Waals surface area (Å²) in [4.78, 5) is 24.2. The van der Waals surface area contributed by atoms with Crippen molar-refractivity contribution in [2.75, 3.05) is 17.2 Å². The number of allylic oxidation sites excluding steroid dienone is 1. The average Bonchev–Trinajstić information content (AvgIpc) is 3.21. The average molecular weight is 483 g/mol. The molecule has 184 valence electrons. The van der Waals surface area contributed by atoms with Crippen LogP contribution in [-0.2, 0) is 9.59 Å². The highest BCUT2D eigenvalue weighted by atomic mass is 16.5. The summed E-state index contributed by atoms with van der Waals surface area (Å²) in [6.45, 7) is 9.90. The van der Waals surface area contributed by atoms with Gasteiger partial charge in [0.05, 0.1) is 12.9 Å². The third-order valence-corrected chi connectivity index (χ3v) is 5.87. The molecule has 1 aromatic heterocycles. The number of aryl methyl sites for hydroxylation is 2. The van der Waals surface area contributed by atoms with Gasteiger partial charge in [-0.2, -0.15) is 0 Å². The Morgan fingerprint density at radius 1 is 0.944 bits per heavy atom. The Hall–Kier alpha value is -4.32. The zero-order chi connectivity index (χ0) is 25.8. The van der Waals surface area contributed by atoms with E-state index >= 15 is 0 Å². The Kier molecular flexibility index (Phi) is 7.25. The molecule has 0 saturated carbocycles. The summed E-state index contributed by atoms with van der Waals surface area (Å²) >= 11 is 0. The van der Waals surface area contributed by atoms with Gasteiger partial charge in [0.2, 0.25) is 11.8 Å². The fraction of sp³-hybridized carbons (Fsp3) is 0.200. The Morgan fingerprint density at radius 2 is 1.69 bits per heavy atom. The Balaban J connectivity index is 1.69. The number of carbonyl (C=O) groups excluding carboxylic acids is 2. The molecule has 0 radical (unpaired) electrons. The van der Waals surface area contributed by atoms with Gasteiger partial charge in [-0.3, -0.25) is 9.59 Å². The molecule has 6 heteroatoms. The Morgan fingerprint density at radius 3 is 2.39 bits per heavy atom. The molecule has 4 rings (SSSR count). The van der Waals surface area contributed by atoms with Gasteiger partial charge in [0.15, 0.2) is 0 Å². The van der Waals surface area contributed by atoms with Gasteiger partial charge in [-0.25, -0.2) is 0 Å². The van der Waals surface area contributed by atoms with Crippen molar-refractivity contribution in [1.29, 1.82) is 0 Å². The van der Waals surface area contributed by atoms with Crippen molar-refractivity contribution in [2.45, 2.75) is 34.6 Å². The summed E-state index contributed by atoms with van der Waals surface area (Å²) in [7, 11) is 0. The van der Waals surface area contributed by atoms with E-state index in [-0.39, 0.29) is 11.8 Å². The number of hydrogen-bond acceptors (Lipinski definition) is 4. The minimum absolute atomic E-state index is 0.174. The molecule has 0 spiro atoms. The number of rotatable bonds is 7. The van der Waals surface area contributed by atoms with Crippen LogP contribution in [0.25, 0.3) is 27.7 Å². The number of anilines is 2. The second-order valence-electron chi connectivity index (χ2n) is 8.82. The van der Waals surface area contributed by atoms with Crippen LogP contribution in [0.1, 0.15) is 37.5 Å². The molecule has 0 saturated heterocycles. The van der Waals surface area contributed by atoms with Gasteiger partial charge in [0, 0.05) is 47.0 Å². The lowest BCUT2D eigenvalue weighted by atomic mass is 9.96. The number of fused-ring (bicyclic) bond motifs is 1. The second kappa shape index (κ2) is 10.5. The molecule has 0 atom stereocenters. The van der Waals surface area contributed by atoms with Crippen LogP contribution in [0.5, 0.6) is 5.75 Å². The van der Waals surface area contributed by atoms with Crippen molar-refractivity contribution < 1.29 is 18.7 Å². The van der Waals surface area contributed by atoms with E-state index in [0.717, 1.165) is 33.2 Å². The summed E-state index contributed by atoms with van der Waals surface area (Å²) in [6, 6.07) is 17.3. The van der Waals surface area contributed by atoms with E-state index in [9.17, 15) is 9.59 Å². The maximum Gasteiger partial charge on any atom is 0.248 e. The van der Waals surface area contributed by atoms with Crippen LogP contribution in [0, 0.1) is 13.8 Å². The number of amides is 2. The van der Waals surface area contributed by atoms with E-state index in [1.165, 1.54) is 18.1 Å². The lowest BCUT2D eigenvalue weighted by Gasteiger charge is -2.12. The summed E-state index contributed by atoms with van der Waals surface area (Å²) < 4.78 is 11.8. The highest BCUT2D eigenvalue weighted by molar-refractivity contribution is 6.06. The van der Waals surface area contributed by atoms with E-state index < -0.39 is 0 Å². The van der Waals surface area contributed by atoms with Crippen molar-refractivity contribution in [2.24, 2.45) is 0 Å². The number of ether oxygens (including phenoxy) is 1. The molecule has 3 aromatic carbocycles. The lowest BCUT2D eigenvalue weighted by Crippen LogP contribution is -2.10. The first-order valence-electron chi connectivity index (χ1n) is 11.9. The summed E-state index contributed by atoms with van der Waals surface area (Å²) in [5, 5.41) is 6.53. The molecule has 0 fully saturated rings. The van der Waals surface area contributed by atoms with Crippen molar-refractivity contribution in [3.8, 4) is 16.9 Å². The molecule has 0 aliphatic heterocycles. The minimum atomic E-state index is -0.281. The molecule has 0 bridgehead atoms. The third kappa shape index (κ3) is 5.49. The fourth-order valence-electron chi connectivity index (χ4n) is 4.29. The first-order chi connectivity index (χ1) is 17.2. The van der Waals surface area contributed by atoms with Crippen molar-refractivity contribution in [3.05, 3.63) is 83.6 Å². The first-order valence-corrected chi connectivity index (χ1v) is 11.9. The molecular weight excluding hydrogens is 452 g/mol. The first kappa shape index (κ1) is 24.8. The maximum atomic E-state index is 12.8. The zero-order valence-electron chi connectivity index (χ0n) is 21.2. The van der Waals surface area contributed by atoms with Gasteiger partial charge in [-0.15, -0.1) is 0 Å². The van der Waals surface area contributed by atoms with E-state index in [1.807, 2.05) is 26.0 Å². The van der Waals surface area contributed by atoms with Gasteiger partial charge < -0.3 is 19.8 Å². The summed E-state index contributed by atoms with van der Waals surface area (Å²) in [6.07, 6.45) is 3.32. The quantitative estimate of drug-likeness (QED) is 0.275. The lowest BCUT2D eigenvalue weighted by molar-refractivity contribution is -0.114. The van der Waals surface area contributed by atoms with Gasteiger partial charge in [0.25, 0.3) is 0 Å². The smallest absolute Gasteiger partial charge is 0.248 e. The van der Waals surface area contributed by atoms with Crippen LogP contribution >= 0.6 is 0 Å². The third-order valence-electron chi connectivity index (χ3n) is 5.87. The molecule has 0 unspecified atom stereocenters.